The third-order valence-corrected chi connectivity index (χ3v) is 2.70. The van der Waals surface area contributed by atoms with Crippen LogP contribution in [0.4, 0.5) is 0 Å². The highest BCUT2D eigenvalue weighted by Crippen LogP contribution is 2.20. The minimum Gasteiger partial charge on any atom is -0.255 e. The molecule has 0 saturated heterocycles. The van der Waals surface area contributed by atoms with E-state index in [9.17, 15) is 0 Å². The topological polar surface area (TPSA) is 36.7 Å². The summed E-state index contributed by atoms with van der Waals surface area (Å²) in [6.45, 7) is 4.17. The predicted molar refractivity (Wildman–Crippen MR) is 63.9 cm³/mol. The Kier molecular flexibility index (Phi) is 2.70. The van der Waals surface area contributed by atoms with Crippen molar-refractivity contribution in [1.82, 2.24) is 4.98 Å². The largest absolute Gasteiger partial charge is 0.255 e. The van der Waals surface area contributed by atoms with Gasteiger partial charge in [-0.1, -0.05) is 12.1 Å². The molecular weight excluding hydrogens is 196 g/mol. The summed E-state index contributed by atoms with van der Waals surface area (Å²) >= 11 is 0. The normalized spacial score (nSPS) is 9.81. The van der Waals surface area contributed by atoms with Crippen LogP contribution in [-0.4, -0.2) is 4.98 Å². The van der Waals surface area contributed by atoms with Gasteiger partial charge in [0.15, 0.2) is 0 Å². The third-order valence-electron chi connectivity index (χ3n) is 2.70. The number of nitrogens with zero attached hydrogens (tertiary/aromatic N) is 2. The van der Waals surface area contributed by atoms with E-state index in [1.54, 1.807) is 12.3 Å². The smallest absolute Gasteiger partial charge is 0.101 e. The molecule has 1 aromatic carbocycles. The Balaban J connectivity index is 2.43. The zero-order valence-electron chi connectivity index (χ0n) is 9.36. The molecule has 0 N–H and O–H groups in total. The highest BCUT2D eigenvalue weighted by molar-refractivity contribution is 5.61. The van der Waals surface area contributed by atoms with Crippen molar-refractivity contribution in [3.05, 3.63) is 53.2 Å². The summed E-state index contributed by atoms with van der Waals surface area (Å²) in [7, 11) is 0. The molecule has 1 heterocycles. The third kappa shape index (κ3) is 1.94. The second kappa shape index (κ2) is 4.16. The molecule has 2 heteroatoms. The molecule has 0 saturated carbocycles. The van der Waals surface area contributed by atoms with Crippen LogP contribution in [0, 0.1) is 25.2 Å². The lowest BCUT2D eigenvalue weighted by atomic mass is 10.0. The van der Waals surface area contributed by atoms with Gasteiger partial charge in [0.1, 0.15) is 6.07 Å². The van der Waals surface area contributed by atoms with Crippen LogP contribution < -0.4 is 0 Å². The van der Waals surface area contributed by atoms with Crippen molar-refractivity contribution in [1.29, 1.82) is 5.26 Å². The molecule has 0 aliphatic carbocycles. The van der Waals surface area contributed by atoms with E-state index in [-0.39, 0.29) is 0 Å². The van der Waals surface area contributed by atoms with Crippen molar-refractivity contribution in [2.24, 2.45) is 0 Å². The molecule has 0 fully saturated rings. The molecule has 1 aromatic heterocycles. The molecule has 2 nitrogen and oxygen atoms in total. The van der Waals surface area contributed by atoms with Crippen LogP contribution in [-0.2, 0) is 0 Å². The maximum absolute atomic E-state index is 8.69. The van der Waals surface area contributed by atoms with E-state index in [1.165, 1.54) is 11.1 Å². The summed E-state index contributed by atoms with van der Waals surface area (Å²) < 4.78 is 0. The standard InChI is InChI=1S/C14H12N2/c1-10-3-5-13(7-11(10)2)14-6-4-12(8-15)9-16-14/h3-7,9H,1-2H3. The zero-order chi connectivity index (χ0) is 11.5. The van der Waals surface area contributed by atoms with E-state index < -0.39 is 0 Å². The van der Waals surface area contributed by atoms with E-state index in [0.717, 1.165) is 11.3 Å². The van der Waals surface area contributed by atoms with Gasteiger partial charge in [0.25, 0.3) is 0 Å². The minimum absolute atomic E-state index is 0.590. The molecule has 2 aromatic rings. The van der Waals surface area contributed by atoms with Crippen LogP contribution >= 0.6 is 0 Å². The molecule has 0 unspecified atom stereocenters. The lowest BCUT2D eigenvalue weighted by molar-refractivity contribution is 1.28. The van der Waals surface area contributed by atoms with Crippen LogP contribution in [0.1, 0.15) is 16.7 Å². The average Bonchev–Trinajstić information content (AvgIpc) is 2.33. The quantitative estimate of drug-likeness (QED) is 0.721. The number of nitriles is 1. The maximum Gasteiger partial charge on any atom is 0.101 e. The Morgan fingerprint density at radius 1 is 1.06 bits per heavy atom. The molecule has 0 atom stereocenters. The Bertz CT molecular complexity index is 548. The molecule has 16 heavy (non-hydrogen) atoms. The van der Waals surface area contributed by atoms with Crippen molar-refractivity contribution < 1.29 is 0 Å². The first-order valence-electron chi connectivity index (χ1n) is 5.14. The van der Waals surface area contributed by atoms with E-state index in [4.69, 9.17) is 5.26 Å². The first kappa shape index (κ1) is 10.4. The van der Waals surface area contributed by atoms with Crippen LogP contribution in [0.15, 0.2) is 36.5 Å². The van der Waals surface area contributed by atoms with E-state index >= 15 is 0 Å². The van der Waals surface area contributed by atoms with E-state index in [2.05, 4.69) is 43.1 Å². The van der Waals surface area contributed by atoms with Gasteiger partial charge in [0, 0.05) is 11.8 Å². The zero-order valence-corrected chi connectivity index (χ0v) is 9.36. The number of hydrogen-bond acceptors (Lipinski definition) is 2. The van der Waals surface area contributed by atoms with Crippen LogP contribution in [0.25, 0.3) is 11.3 Å². The second-order valence-corrected chi connectivity index (χ2v) is 3.84. The van der Waals surface area contributed by atoms with E-state index in [1.807, 2.05) is 6.07 Å². The monoisotopic (exact) mass is 208 g/mol. The molecule has 0 bridgehead atoms. The fourth-order valence-electron chi connectivity index (χ4n) is 1.53. The summed E-state index contributed by atoms with van der Waals surface area (Å²) in [5, 5.41) is 8.69. The molecule has 2 rings (SSSR count). The Hall–Kier alpha value is -2.14. The summed E-state index contributed by atoms with van der Waals surface area (Å²) in [5.41, 5.74) is 5.11. The first-order chi connectivity index (χ1) is 7.70. The summed E-state index contributed by atoms with van der Waals surface area (Å²) in [4.78, 5) is 4.27. The van der Waals surface area contributed by atoms with Gasteiger partial charge in [-0.25, -0.2) is 0 Å². The molecule has 0 amide bonds. The van der Waals surface area contributed by atoms with Crippen LogP contribution in [0.2, 0.25) is 0 Å². The number of pyridine rings is 1. The SMILES string of the molecule is Cc1ccc(-c2ccc(C#N)cn2)cc1C. The summed E-state index contributed by atoms with van der Waals surface area (Å²) in [6, 6.07) is 12.0. The number of benzene rings is 1. The number of hydrogen-bond donors (Lipinski definition) is 0. The van der Waals surface area contributed by atoms with Gasteiger partial charge in [-0.15, -0.1) is 0 Å². The van der Waals surface area contributed by atoms with Gasteiger partial charge in [-0.2, -0.15) is 5.26 Å². The van der Waals surface area contributed by atoms with Gasteiger partial charge in [-0.05, 0) is 43.2 Å². The fraction of sp³-hybridized carbons (Fsp3) is 0.143. The molecular formula is C14H12N2. The van der Waals surface area contributed by atoms with Gasteiger partial charge in [0.2, 0.25) is 0 Å². The Labute approximate surface area is 95.2 Å². The van der Waals surface area contributed by atoms with Crippen molar-refractivity contribution in [2.45, 2.75) is 13.8 Å². The van der Waals surface area contributed by atoms with Crippen molar-refractivity contribution >= 4 is 0 Å². The predicted octanol–water partition coefficient (Wildman–Crippen LogP) is 3.24. The molecule has 78 valence electrons. The van der Waals surface area contributed by atoms with Gasteiger partial charge in [-0.3, -0.25) is 4.98 Å². The molecule has 0 spiro atoms. The van der Waals surface area contributed by atoms with Gasteiger partial charge in [0.05, 0.1) is 11.3 Å². The minimum atomic E-state index is 0.590. The maximum atomic E-state index is 8.69. The van der Waals surface area contributed by atoms with Gasteiger partial charge >= 0.3 is 0 Å². The second-order valence-electron chi connectivity index (χ2n) is 3.84. The van der Waals surface area contributed by atoms with Crippen LogP contribution in [0.5, 0.6) is 0 Å². The number of aryl methyl sites for hydroxylation is 2. The molecule has 0 aliphatic rings. The Morgan fingerprint density at radius 2 is 1.88 bits per heavy atom. The molecule has 0 radical (unpaired) electrons. The number of rotatable bonds is 1. The van der Waals surface area contributed by atoms with Crippen molar-refractivity contribution in [3.8, 4) is 17.3 Å². The molecule has 0 aliphatic heterocycles. The number of aromatic nitrogens is 1. The van der Waals surface area contributed by atoms with Crippen molar-refractivity contribution in [2.75, 3.05) is 0 Å². The first-order valence-corrected chi connectivity index (χ1v) is 5.14. The lowest BCUT2D eigenvalue weighted by Crippen LogP contribution is -1.87. The highest BCUT2D eigenvalue weighted by Gasteiger charge is 2.01. The van der Waals surface area contributed by atoms with Crippen LogP contribution in [0.3, 0.4) is 0 Å². The lowest BCUT2D eigenvalue weighted by Gasteiger charge is -2.04. The van der Waals surface area contributed by atoms with Gasteiger partial charge < -0.3 is 0 Å². The fourth-order valence-corrected chi connectivity index (χ4v) is 1.53. The summed E-state index contributed by atoms with van der Waals surface area (Å²) in [5.74, 6) is 0. The van der Waals surface area contributed by atoms with Crippen molar-refractivity contribution in [3.63, 3.8) is 0 Å². The van der Waals surface area contributed by atoms with E-state index in [0.29, 0.717) is 5.56 Å². The highest BCUT2D eigenvalue weighted by atomic mass is 14.7. The summed E-state index contributed by atoms with van der Waals surface area (Å²) in [6.07, 6.45) is 1.60. The Morgan fingerprint density at radius 3 is 2.44 bits per heavy atom. The average molecular weight is 208 g/mol.